The smallest absolute Gasteiger partial charge is 0.227 e. The lowest BCUT2D eigenvalue weighted by Crippen LogP contribution is -1.85. The maximum atomic E-state index is 5.89. The molecule has 3 heterocycles. The van der Waals surface area contributed by atoms with E-state index >= 15 is 0 Å². The summed E-state index contributed by atoms with van der Waals surface area (Å²) >= 11 is 0. The van der Waals surface area contributed by atoms with Crippen LogP contribution in [0.5, 0.6) is 0 Å². The highest BCUT2D eigenvalue weighted by Crippen LogP contribution is 2.32. The highest BCUT2D eigenvalue weighted by molar-refractivity contribution is 6.05. The Morgan fingerprint density at radius 1 is 0.731 bits per heavy atom. The van der Waals surface area contributed by atoms with Crippen molar-refractivity contribution in [3.05, 3.63) is 84.7 Å². The molecule has 3 nitrogen and oxygen atoms in total. The number of nitrogens with zero attached hydrogens (tertiary/aromatic N) is 2. The Labute approximate surface area is 151 Å². The average molecular weight is 336 g/mol. The first-order valence-corrected chi connectivity index (χ1v) is 8.60. The topological polar surface area (TPSA) is 38.9 Å². The Bertz CT molecular complexity index is 1240. The van der Waals surface area contributed by atoms with E-state index in [9.17, 15) is 0 Å². The van der Waals surface area contributed by atoms with Crippen LogP contribution in [0, 0.1) is 6.92 Å². The van der Waals surface area contributed by atoms with Gasteiger partial charge in [-0.1, -0.05) is 30.3 Å². The lowest BCUT2D eigenvalue weighted by Gasteiger charge is -2.05. The molecular formula is C23H16N2O. The van der Waals surface area contributed by atoms with Gasteiger partial charge >= 0.3 is 0 Å². The summed E-state index contributed by atoms with van der Waals surface area (Å²) in [5, 5.41) is 2.10. The summed E-state index contributed by atoms with van der Waals surface area (Å²) in [6.07, 6.45) is 1.86. The van der Waals surface area contributed by atoms with Crippen LogP contribution in [0.3, 0.4) is 0 Å². The molecule has 0 N–H and O–H groups in total. The van der Waals surface area contributed by atoms with Gasteiger partial charge in [-0.2, -0.15) is 0 Å². The molecule has 3 heteroatoms. The van der Waals surface area contributed by atoms with Crippen molar-refractivity contribution in [2.75, 3.05) is 0 Å². The Balaban J connectivity index is 1.66. The van der Waals surface area contributed by atoms with Gasteiger partial charge in [0.1, 0.15) is 5.58 Å². The van der Waals surface area contributed by atoms with Gasteiger partial charge in [-0.3, -0.25) is 4.98 Å². The Morgan fingerprint density at radius 3 is 2.50 bits per heavy atom. The zero-order valence-electron chi connectivity index (χ0n) is 14.3. The molecule has 5 aromatic rings. The van der Waals surface area contributed by atoms with Crippen LogP contribution in [0.15, 0.2) is 83.4 Å². The van der Waals surface area contributed by atoms with Crippen LogP contribution in [0.1, 0.15) is 5.69 Å². The number of hydrogen-bond acceptors (Lipinski definition) is 3. The van der Waals surface area contributed by atoms with Gasteiger partial charge in [-0.15, -0.1) is 0 Å². The molecular weight excluding hydrogens is 320 g/mol. The second kappa shape index (κ2) is 5.81. The van der Waals surface area contributed by atoms with Gasteiger partial charge < -0.3 is 4.42 Å². The van der Waals surface area contributed by atoms with Crippen LogP contribution in [0.25, 0.3) is 44.5 Å². The lowest BCUT2D eigenvalue weighted by molar-refractivity contribution is 0.652. The van der Waals surface area contributed by atoms with E-state index in [0.29, 0.717) is 5.71 Å². The van der Waals surface area contributed by atoms with Crippen LogP contribution in [0.4, 0.5) is 0 Å². The van der Waals surface area contributed by atoms with Gasteiger partial charge in [-0.25, -0.2) is 4.98 Å². The zero-order chi connectivity index (χ0) is 17.5. The van der Waals surface area contributed by atoms with E-state index in [2.05, 4.69) is 46.4 Å². The quantitative estimate of drug-likeness (QED) is 0.396. The summed E-state index contributed by atoms with van der Waals surface area (Å²) in [7, 11) is 0. The van der Waals surface area contributed by atoms with E-state index in [1.165, 1.54) is 5.56 Å². The lowest BCUT2D eigenvalue weighted by atomic mass is 10.0. The third kappa shape index (κ3) is 2.45. The minimum absolute atomic E-state index is 0.683. The number of hydrogen-bond donors (Lipinski definition) is 0. The number of fused-ring (bicyclic) bond motifs is 3. The Kier molecular flexibility index (Phi) is 3.32. The van der Waals surface area contributed by atoms with Crippen molar-refractivity contribution >= 4 is 22.1 Å². The van der Waals surface area contributed by atoms with Crippen LogP contribution < -0.4 is 0 Å². The van der Waals surface area contributed by atoms with Crippen molar-refractivity contribution in [2.45, 2.75) is 6.92 Å². The molecule has 0 amide bonds. The van der Waals surface area contributed by atoms with E-state index in [0.717, 1.165) is 38.9 Å². The number of aryl methyl sites for hydroxylation is 1. The van der Waals surface area contributed by atoms with Crippen molar-refractivity contribution in [1.82, 2.24) is 9.97 Å². The molecule has 0 bridgehead atoms. The molecule has 0 fully saturated rings. The van der Waals surface area contributed by atoms with E-state index in [1.54, 1.807) is 0 Å². The molecule has 0 saturated carbocycles. The first-order chi connectivity index (χ1) is 12.8. The number of benzene rings is 2. The van der Waals surface area contributed by atoms with E-state index < -0.39 is 0 Å². The highest BCUT2D eigenvalue weighted by Gasteiger charge is 2.10. The predicted molar refractivity (Wildman–Crippen MR) is 105 cm³/mol. The van der Waals surface area contributed by atoms with Crippen molar-refractivity contribution in [3.8, 4) is 22.4 Å². The van der Waals surface area contributed by atoms with Crippen LogP contribution in [-0.2, 0) is 0 Å². The molecule has 5 rings (SSSR count). The largest absolute Gasteiger partial charge is 0.438 e. The Morgan fingerprint density at radius 2 is 1.62 bits per heavy atom. The normalized spacial score (nSPS) is 11.3. The predicted octanol–water partition coefficient (Wildman–Crippen LogP) is 6.02. The molecule has 0 saturated heterocycles. The monoisotopic (exact) mass is 336 g/mol. The maximum Gasteiger partial charge on any atom is 0.227 e. The minimum atomic E-state index is 0.683. The second-order valence-corrected chi connectivity index (χ2v) is 6.41. The maximum absolute atomic E-state index is 5.89. The van der Waals surface area contributed by atoms with E-state index in [-0.39, 0.29) is 0 Å². The highest BCUT2D eigenvalue weighted by atomic mass is 16.3. The van der Waals surface area contributed by atoms with Crippen molar-refractivity contribution < 1.29 is 4.42 Å². The summed E-state index contributed by atoms with van der Waals surface area (Å²) in [4.78, 5) is 9.06. The molecule has 0 aliphatic carbocycles. The molecule has 3 aromatic heterocycles. The first-order valence-electron chi connectivity index (χ1n) is 8.60. The summed E-state index contributed by atoms with van der Waals surface area (Å²) in [6, 6.07) is 24.8. The number of rotatable bonds is 2. The molecule has 26 heavy (non-hydrogen) atoms. The fourth-order valence-electron chi connectivity index (χ4n) is 3.31. The van der Waals surface area contributed by atoms with Crippen LogP contribution in [-0.4, -0.2) is 9.97 Å². The van der Waals surface area contributed by atoms with Crippen molar-refractivity contribution in [3.63, 3.8) is 0 Å². The number of pyridine rings is 2. The van der Waals surface area contributed by atoms with Gasteiger partial charge in [0.25, 0.3) is 0 Å². The fraction of sp³-hybridized carbons (Fsp3) is 0.0435. The van der Waals surface area contributed by atoms with Gasteiger partial charge in [-0.05, 0) is 60.5 Å². The van der Waals surface area contributed by atoms with E-state index in [4.69, 9.17) is 4.42 Å². The third-order valence-corrected chi connectivity index (χ3v) is 4.64. The number of aromatic nitrogens is 2. The van der Waals surface area contributed by atoms with Gasteiger partial charge in [0.15, 0.2) is 0 Å². The SMILES string of the molecule is Cc1ccc2c(n1)oc1ccc(-c3cc(-c4ccccc4)ccn3)cc12. The molecule has 0 spiro atoms. The van der Waals surface area contributed by atoms with Gasteiger partial charge in [0.05, 0.1) is 5.69 Å². The summed E-state index contributed by atoms with van der Waals surface area (Å²) < 4.78 is 5.89. The second-order valence-electron chi connectivity index (χ2n) is 6.41. The van der Waals surface area contributed by atoms with Crippen molar-refractivity contribution in [2.24, 2.45) is 0 Å². The molecule has 0 radical (unpaired) electrons. The van der Waals surface area contributed by atoms with Crippen LogP contribution in [0.2, 0.25) is 0 Å². The standard InChI is InChI=1S/C23H16N2O/c1-15-7-9-19-20-13-18(8-10-22(20)26-23(19)25-15)21-14-17(11-12-24-21)16-5-3-2-4-6-16/h2-14H,1H3. The van der Waals surface area contributed by atoms with Gasteiger partial charge in [0.2, 0.25) is 5.71 Å². The molecule has 124 valence electrons. The summed E-state index contributed by atoms with van der Waals surface area (Å²) in [5.41, 5.74) is 6.84. The molecule has 0 unspecified atom stereocenters. The van der Waals surface area contributed by atoms with Crippen molar-refractivity contribution in [1.29, 1.82) is 0 Å². The minimum Gasteiger partial charge on any atom is -0.438 e. The third-order valence-electron chi connectivity index (χ3n) is 4.64. The average Bonchev–Trinajstić information content (AvgIpc) is 3.05. The fourth-order valence-corrected chi connectivity index (χ4v) is 3.31. The van der Waals surface area contributed by atoms with Gasteiger partial charge in [0, 0.05) is 28.2 Å². The first kappa shape index (κ1) is 14.8. The zero-order valence-corrected chi connectivity index (χ0v) is 14.3. The molecule has 0 atom stereocenters. The molecule has 0 aliphatic heterocycles. The van der Waals surface area contributed by atoms with Crippen LogP contribution >= 0.6 is 0 Å². The molecule has 2 aromatic carbocycles. The summed E-state index contributed by atoms with van der Waals surface area (Å²) in [5.74, 6) is 0. The van der Waals surface area contributed by atoms with E-state index in [1.807, 2.05) is 49.5 Å². The summed E-state index contributed by atoms with van der Waals surface area (Å²) in [6.45, 7) is 1.97. The molecule has 0 aliphatic rings. The Hall–Kier alpha value is -3.46. The number of furan rings is 1.